The molecule has 8 heteroatoms. The fourth-order valence-corrected chi connectivity index (χ4v) is 4.20. The van der Waals surface area contributed by atoms with Crippen molar-refractivity contribution in [2.75, 3.05) is 0 Å². The van der Waals surface area contributed by atoms with E-state index >= 15 is 0 Å². The van der Waals surface area contributed by atoms with Gasteiger partial charge in [-0.2, -0.15) is 9.50 Å². The smallest absolute Gasteiger partial charge is 0.269 e. The number of para-hydroxylation sites is 1. The molecule has 1 aliphatic carbocycles. The van der Waals surface area contributed by atoms with Gasteiger partial charge in [0.25, 0.3) is 11.2 Å². The van der Waals surface area contributed by atoms with Crippen molar-refractivity contribution in [3.05, 3.63) is 69.0 Å². The molecule has 4 aromatic rings. The Kier molecular flexibility index (Phi) is 4.12. The first-order chi connectivity index (χ1) is 14.1. The van der Waals surface area contributed by atoms with E-state index in [0.29, 0.717) is 28.1 Å². The Morgan fingerprint density at radius 3 is 2.45 bits per heavy atom. The molecular formula is C21H19N5O3. The molecule has 0 unspecified atom stereocenters. The highest BCUT2D eigenvalue weighted by atomic mass is 16.6. The van der Waals surface area contributed by atoms with Crippen LogP contribution in [0.5, 0.6) is 0 Å². The van der Waals surface area contributed by atoms with E-state index in [-0.39, 0.29) is 17.3 Å². The molecule has 0 saturated heterocycles. The van der Waals surface area contributed by atoms with Gasteiger partial charge in [-0.1, -0.05) is 31.4 Å². The Morgan fingerprint density at radius 1 is 1.00 bits per heavy atom. The fraction of sp³-hybridized carbons (Fsp3) is 0.286. The van der Waals surface area contributed by atoms with E-state index in [1.807, 2.05) is 24.3 Å². The lowest BCUT2D eigenvalue weighted by Crippen LogP contribution is -2.28. The van der Waals surface area contributed by atoms with Crippen LogP contribution in [0.3, 0.4) is 0 Å². The predicted octanol–water partition coefficient (Wildman–Crippen LogP) is 4.12. The molecule has 0 amide bonds. The molecule has 1 saturated carbocycles. The first-order valence-corrected chi connectivity index (χ1v) is 9.78. The molecule has 0 atom stereocenters. The van der Waals surface area contributed by atoms with Gasteiger partial charge in [0, 0.05) is 23.7 Å². The summed E-state index contributed by atoms with van der Waals surface area (Å²) in [5.74, 6) is 0.967. The maximum absolute atomic E-state index is 13.3. The van der Waals surface area contributed by atoms with E-state index in [9.17, 15) is 14.9 Å². The van der Waals surface area contributed by atoms with Gasteiger partial charge in [-0.25, -0.2) is 0 Å². The van der Waals surface area contributed by atoms with E-state index in [1.54, 1.807) is 21.2 Å². The second kappa shape index (κ2) is 6.80. The third-order valence-corrected chi connectivity index (χ3v) is 5.66. The fourth-order valence-electron chi connectivity index (χ4n) is 4.20. The number of nitro benzene ring substituents is 1. The highest BCUT2D eigenvalue weighted by Crippen LogP contribution is 2.30. The molecule has 5 rings (SSSR count). The van der Waals surface area contributed by atoms with Crippen LogP contribution < -0.4 is 5.56 Å². The van der Waals surface area contributed by atoms with Gasteiger partial charge in [0.15, 0.2) is 5.82 Å². The number of fused-ring (bicyclic) bond motifs is 3. The SMILES string of the molecule is O=c1c2ccccc2n2nc(-c3ccc([N+](=O)[O-])cc3)nc2n1C1CCCCC1. The minimum absolute atomic E-state index is 0.0158. The maximum Gasteiger partial charge on any atom is 0.269 e. The summed E-state index contributed by atoms with van der Waals surface area (Å²) < 4.78 is 3.52. The van der Waals surface area contributed by atoms with E-state index in [0.717, 1.165) is 25.7 Å². The van der Waals surface area contributed by atoms with Crippen molar-refractivity contribution >= 4 is 22.4 Å². The summed E-state index contributed by atoms with van der Waals surface area (Å²) in [4.78, 5) is 28.5. The first-order valence-electron chi connectivity index (χ1n) is 9.78. The Morgan fingerprint density at radius 2 is 1.72 bits per heavy atom. The molecule has 1 fully saturated rings. The molecule has 2 aromatic heterocycles. The van der Waals surface area contributed by atoms with Crippen LogP contribution in [0, 0.1) is 10.1 Å². The maximum atomic E-state index is 13.3. The quantitative estimate of drug-likeness (QED) is 0.388. The summed E-state index contributed by atoms with van der Waals surface area (Å²) in [6, 6.07) is 13.7. The normalized spacial score (nSPS) is 15.2. The number of hydrogen-bond acceptors (Lipinski definition) is 5. The van der Waals surface area contributed by atoms with E-state index < -0.39 is 4.92 Å². The predicted molar refractivity (Wildman–Crippen MR) is 109 cm³/mol. The molecular weight excluding hydrogens is 370 g/mol. The number of rotatable bonds is 3. The van der Waals surface area contributed by atoms with Crippen molar-refractivity contribution in [3.63, 3.8) is 0 Å². The lowest BCUT2D eigenvalue weighted by Gasteiger charge is -2.24. The molecule has 2 aromatic carbocycles. The van der Waals surface area contributed by atoms with Gasteiger partial charge in [0.1, 0.15) is 0 Å². The van der Waals surface area contributed by atoms with Crippen molar-refractivity contribution < 1.29 is 4.92 Å². The third-order valence-electron chi connectivity index (χ3n) is 5.66. The van der Waals surface area contributed by atoms with Gasteiger partial charge in [-0.15, -0.1) is 5.10 Å². The molecule has 0 radical (unpaired) electrons. The van der Waals surface area contributed by atoms with E-state index in [1.165, 1.54) is 18.6 Å². The summed E-state index contributed by atoms with van der Waals surface area (Å²) in [7, 11) is 0. The lowest BCUT2D eigenvalue weighted by atomic mass is 9.95. The summed E-state index contributed by atoms with van der Waals surface area (Å²) >= 11 is 0. The zero-order valence-corrected chi connectivity index (χ0v) is 15.7. The van der Waals surface area contributed by atoms with Crippen LogP contribution in [0.1, 0.15) is 38.1 Å². The molecule has 0 N–H and O–H groups in total. The van der Waals surface area contributed by atoms with E-state index in [4.69, 9.17) is 0 Å². The molecule has 146 valence electrons. The molecule has 0 spiro atoms. The third kappa shape index (κ3) is 2.88. The molecule has 2 heterocycles. The van der Waals surface area contributed by atoms with Gasteiger partial charge in [0.05, 0.1) is 15.8 Å². The second-order valence-electron chi connectivity index (χ2n) is 7.44. The summed E-state index contributed by atoms with van der Waals surface area (Å²) in [5.41, 5.74) is 1.36. The Balaban J connectivity index is 1.76. The standard InChI is InChI=1S/C21H19N5O3/c27-20-17-8-4-5-9-18(17)25-21(24(20)15-6-2-1-3-7-15)22-19(23-25)14-10-12-16(13-11-14)26(28)29/h4-5,8-13,15H,1-3,6-7H2. The molecule has 1 aliphatic rings. The first kappa shape index (κ1) is 17.5. The summed E-state index contributed by atoms with van der Waals surface area (Å²) in [5, 5.41) is 16.2. The average molecular weight is 389 g/mol. The highest BCUT2D eigenvalue weighted by Gasteiger charge is 2.23. The van der Waals surface area contributed by atoms with Crippen LogP contribution in [0.15, 0.2) is 53.3 Å². The van der Waals surface area contributed by atoms with Gasteiger partial charge >= 0.3 is 0 Å². The molecule has 0 aliphatic heterocycles. The Bertz CT molecular complexity index is 1280. The minimum atomic E-state index is -0.435. The van der Waals surface area contributed by atoms with Crippen LogP contribution in [0.4, 0.5) is 5.69 Å². The summed E-state index contributed by atoms with van der Waals surface area (Å²) in [6.07, 6.45) is 5.29. The Hall–Kier alpha value is -3.55. The van der Waals surface area contributed by atoms with Crippen LogP contribution in [0.25, 0.3) is 28.1 Å². The number of nitrogens with zero attached hydrogens (tertiary/aromatic N) is 5. The van der Waals surface area contributed by atoms with Crippen LogP contribution in [-0.2, 0) is 0 Å². The van der Waals surface area contributed by atoms with Gasteiger partial charge in [0.2, 0.25) is 5.78 Å². The van der Waals surface area contributed by atoms with Gasteiger partial charge in [-0.3, -0.25) is 19.5 Å². The van der Waals surface area contributed by atoms with Crippen molar-refractivity contribution in [2.45, 2.75) is 38.1 Å². The molecule has 29 heavy (non-hydrogen) atoms. The summed E-state index contributed by atoms with van der Waals surface area (Å²) in [6.45, 7) is 0. The number of nitro groups is 1. The largest absolute Gasteiger partial charge is 0.273 e. The van der Waals surface area contributed by atoms with Crippen LogP contribution in [-0.4, -0.2) is 24.1 Å². The van der Waals surface area contributed by atoms with Crippen LogP contribution >= 0.6 is 0 Å². The molecule has 8 nitrogen and oxygen atoms in total. The zero-order valence-electron chi connectivity index (χ0n) is 15.7. The van der Waals surface area contributed by atoms with Crippen molar-refractivity contribution in [2.24, 2.45) is 0 Å². The Labute approximate surface area is 165 Å². The monoisotopic (exact) mass is 389 g/mol. The number of hydrogen-bond donors (Lipinski definition) is 0. The molecule has 0 bridgehead atoms. The number of benzene rings is 2. The van der Waals surface area contributed by atoms with Gasteiger partial charge in [-0.05, 0) is 37.1 Å². The number of non-ortho nitro benzene ring substituents is 1. The lowest BCUT2D eigenvalue weighted by molar-refractivity contribution is -0.384. The van der Waals surface area contributed by atoms with Crippen molar-refractivity contribution in [1.29, 1.82) is 0 Å². The zero-order chi connectivity index (χ0) is 20.0. The van der Waals surface area contributed by atoms with Crippen molar-refractivity contribution in [3.8, 4) is 11.4 Å². The number of aromatic nitrogens is 4. The topological polar surface area (TPSA) is 95.3 Å². The van der Waals surface area contributed by atoms with Crippen LogP contribution in [0.2, 0.25) is 0 Å². The van der Waals surface area contributed by atoms with Gasteiger partial charge < -0.3 is 0 Å². The second-order valence-corrected chi connectivity index (χ2v) is 7.44. The average Bonchev–Trinajstić information content (AvgIpc) is 3.20. The van der Waals surface area contributed by atoms with Crippen molar-refractivity contribution in [1.82, 2.24) is 19.2 Å². The highest BCUT2D eigenvalue weighted by molar-refractivity contribution is 5.80. The van der Waals surface area contributed by atoms with E-state index in [2.05, 4.69) is 10.1 Å². The minimum Gasteiger partial charge on any atom is -0.273 e.